The molecule has 0 saturated heterocycles. The number of nitrogens with one attached hydrogen (secondary N) is 4. The van der Waals surface area contributed by atoms with Crippen molar-refractivity contribution in [2.75, 3.05) is 10.6 Å². The Hall–Kier alpha value is -3.56. The number of esters is 1. The molecule has 0 radical (unpaired) electrons. The minimum Gasteiger partial charge on any atom is -0.459 e. The summed E-state index contributed by atoms with van der Waals surface area (Å²) in [5, 5.41) is 11.9. The van der Waals surface area contributed by atoms with E-state index in [-0.39, 0.29) is 36.5 Å². The highest BCUT2D eigenvalue weighted by Crippen LogP contribution is 2.33. The second-order valence-electron chi connectivity index (χ2n) is 9.97. The molecular formula is C24H31N5O5. The fourth-order valence-corrected chi connectivity index (χ4v) is 3.61. The highest BCUT2D eigenvalue weighted by Gasteiger charge is 2.26. The van der Waals surface area contributed by atoms with Crippen LogP contribution in [0.25, 0.3) is 10.9 Å². The minimum atomic E-state index is -0.650. The van der Waals surface area contributed by atoms with Gasteiger partial charge in [0.2, 0.25) is 0 Å². The molecule has 182 valence electrons. The molecule has 2 aliphatic rings. The Labute approximate surface area is 197 Å². The highest BCUT2D eigenvalue weighted by atomic mass is 16.6. The summed E-state index contributed by atoms with van der Waals surface area (Å²) in [4.78, 5) is 49.8. The van der Waals surface area contributed by atoms with Crippen LogP contribution < -0.4 is 21.3 Å². The zero-order valence-corrected chi connectivity index (χ0v) is 19.9. The number of amides is 4. The smallest absolute Gasteiger partial charge is 0.326 e. The standard InChI is InChI=1S/C24H31N5O5/c1-13(30)17-11-29(12-21(31)34-24(2,3)4)20-10-19(28-23(33)26-15-7-8-15)18(9-16(17)20)27-22(32)25-14-5-6-14/h9-11,14-15H,5-8,12H2,1-4H3,(H2,25,27,32)(H2,26,28,33). The number of urea groups is 2. The van der Waals surface area contributed by atoms with Crippen LogP contribution in [0.2, 0.25) is 0 Å². The summed E-state index contributed by atoms with van der Waals surface area (Å²) in [5.74, 6) is -0.639. The van der Waals surface area contributed by atoms with Crippen LogP contribution in [-0.4, -0.2) is 46.1 Å². The van der Waals surface area contributed by atoms with Crippen LogP contribution in [0.3, 0.4) is 0 Å². The van der Waals surface area contributed by atoms with Gasteiger partial charge in [-0.2, -0.15) is 0 Å². The fraction of sp³-hybridized carbons (Fsp3) is 0.500. The lowest BCUT2D eigenvalue weighted by atomic mass is 10.1. The molecular weight excluding hydrogens is 438 g/mol. The van der Waals surface area contributed by atoms with E-state index in [0.29, 0.717) is 27.8 Å². The van der Waals surface area contributed by atoms with Crippen LogP contribution in [-0.2, 0) is 16.1 Å². The number of fused-ring (bicyclic) bond motifs is 1. The number of aromatic nitrogens is 1. The van der Waals surface area contributed by atoms with E-state index in [0.717, 1.165) is 25.7 Å². The van der Waals surface area contributed by atoms with Crippen molar-refractivity contribution in [3.63, 3.8) is 0 Å². The highest BCUT2D eigenvalue weighted by molar-refractivity contribution is 6.11. The number of hydrogen-bond donors (Lipinski definition) is 4. The minimum absolute atomic E-state index is 0.107. The van der Waals surface area contributed by atoms with Gasteiger partial charge in [0.05, 0.1) is 16.9 Å². The lowest BCUT2D eigenvalue weighted by Gasteiger charge is -2.20. The van der Waals surface area contributed by atoms with E-state index in [1.54, 1.807) is 43.7 Å². The predicted octanol–water partition coefficient (Wildman–Crippen LogP) is 3.75. The third-order valence-electron chi connectivity index (χ3n) is 5.44. The topological polar surface area (TPSA) is 131 Å². The summed E-state index contributed by atoms with van der Waals surface area (Å²) >= 11 is 0. The van der Waals surface area contributed by atoms with Gasteiger partial charge in [0.1, 0.15) is 12.1 Å². The van der Waals surface area contributed by atoms with Crippen molar-refractivity contribution in [1.82, 2.24) is 15.2 Å². The van der Waals surface area contributed by atoms with Crippen LogP contribution in [0, 0.1) is 0 Å². The first-order chi connectivity index (χ1) is 16.0. The van der Waals surface area contributed by atoms with Gasteiger partial charge in [-0.15, -0.1) is 0 Å². The first kappa shape index (κ1) is 23.6. The van der Waals surface area contributed by atoms with Gasteiger partial charge < -0.3 is 30.6 Å². The molecule has 0 spiro atoms. The van der Waals surface area contributed by atoms with Crippen molar-refractivity contribution in [2.45, 2.75) is 77.6 Å². The molecule has 10 nitrogen and oxygen atoms in total. The maximum atomic E-state index is 12.5. The number of Topliss-reactive ketones (excluding diaryl/α,β-unsaturated/α-hetero) is 1. The van der Waals surface area contributed by atoms with Crippen LogP contribution in [0.5, 0.6) is 0 Å². The first-order valence-corrected chi connectivity index (χ1v) is 11.5. The number of hydrogen-bond acceptors (Lipinski definition) is 5. The average molecular weight is 470 g/mol. The number of carbonyl (C=O) groups is 4. The molecule has 2 aromatic rings. The predicted molar refractivity (Wildman–Crippen MR) is 128 cm³/mol. The maximum Gasteiger partial charge on any atom is 0.326 e. The van der Waals surface area contributed by atoms with Crippen molar-refractivity contribution in [2.24, 2.45) is 0 Å². The van der Waals surface area contributed by atoms with E-state index in [4.69, 9.17) is 4.74 Å². The Morgan fingerprint density at radius 3 is 1.94 bits per heavy atom. The summed E-state index contributed by atoms with van der Waals surface area (Å²) in [6, 6.07) is 2.84. The molecule has 2 aliphatic carbocycles. The van der Waals surface area contributed by atoms with Crippen LogP contribution in [0.1, 0.15) is 63.7 Å². The summed E-state index contributed by atoms with van der Waals surface area (Å²) in [6.45, 7) is 6.68. The molecule has 2 saturated carbocycles. The normalized spacial score (nSPS) is 15.5. The van der Waals surface area contributed by atoms with Gasteiger partial charge in [-0.1, -0.05) is 0 Å². The number of ketones is 1. The summed E-state index contributed by atoms with van der Waals surface area (Å²) in [6.07, 6.45) is 5.33. The van der Waals surface area contributed by atoms with Crippen LogP contribution in [0.4, 0.5) is 21.0 Å². The number of benzene rings is 1. The first-order valence-electron chi connectivity index (χ1n) is 11.5. The zero-order chi connectivity index (χ0) is 24.6. The lowest BCUT2D eigenvalue weighted by molar-refractivity contribution is -0.155. The van der Waals surface area contributed by atoms with E-state index in [1.807, 2.05) is 0 Å². The van der Waals surface area contributed by atoms with Crippen LogP contribution >= 0.6 is 0 Å². The van der Waals surface area contributed by atoms with Gasteiger partial charge in [0.25, 0.3) is 0 Å². The lowest BCUT2D eigenvalue weighted by Crippen LogP contribution is -2.32. The van der Waals surface area contributed by atoms with Gasteiger partial charge in [0, 0.05) is 29.2 Å². The number of rotatable bonds is 7. The van der Waals surface area contributed by atoms with E-state index >= 15 is 0 Å². The van der Waals surface area contributed by atoms with E-state index in [2.05, 4.69) is 21.3 Å². The van der Waals surface area contributed by atoms with E-state index < -0.39 is 11.6 Å². The Bertz CT molecular complexity index is 1150. The molecule has 0 aliphatic heterocycles. The molecule has 1 heterocycles. The molecule has 1 aromatic carbocycles. The van der Waals surface area contributed by atoms with Crippen molar-refractivity contribution in [1.29, 1.82) is 0 Å². The number of nitrogens with zero attached hydrogens (tertiary/aromatic N) is 1. The monoisotopic (exact) mass is 469 g/mol. The van der Waals surface area contributed by atoms with Crippen molar-refractivity contribution < 1.29 is 23.9 Å². The summed E-state index contributed by atoms with van der Waals surface area (Å²) in [5.41, 5.74) is 1.02. The van der Waals surface area contributed by atoms with E-state index in [1.165, 1.54) is 6.92 Å². The SMILES string of the molecule is CC(=O)c1cn(CC(=O)OC(C)(C)C)c2cc(NC(=O)NC3CC3)c(NC(=O)NC3CC3)cc12. The summed E-state index contributed by atoms with van der Waals surface area (Å²) < 4.78 is 7.06. The quantitative estimate of drug-likeness (QED) is 0.362. The molecule has 34 heavy (non-hydrogen) atoms. The Morgan fingerprint density at radius 2 is 1.47 bits per heavy atom. The third-order valence-corrected chi connectivity index (χ3v) is 5.44. The molecule has 1 aromatic heterocycles. The number of carbonyl (C=O) groups excluding carboxylic acids is 4. The second kappa shape index (κ2) is 9.00. The van der Waals surface area contributed by atoms with Crippen molar-refractivity contribution in [3.8, 4) is 0 Å². The van der Waals surface area contributed by atoms with Crippen molar-refractivity contribution in [3.05, 3.63) is 23.9 Å². The molecule has 2 fully saturated rings. The largest absolute Gasteiger partial charge is 0.459 e. The molecule has 0 unspecified atom stereocenters. The van der Waals surface area contributed by atoms with Crippen LogP contribution in [0.15, 0.2) is 18.3 Å². The fourth-order valence-electron chi connectivity index (χ4n) is 3.61. The van der Waals surface area contributed by atoms with Gasteiger partial charge in [-0.3, -0.25) is 9.59 Å². The Balaban J connectivity index is 1.70. The van der Waals surface area contributed by atoms with E-state index in [9.17, 15) is 19.2 Å². The van der Waals surface area contributed by atoms with Gasteiger partial charge in [-0.05, 0) is 65.5 Å². The summed E-state index contributed by atoms with van der Waals surface area (Å²) in [7, 11) is 0. The second-order valence-corrected chi connectivity index (χ2v) is 9.97. The Kier molecular flexibility index (Phi) is 6.24. The Morgan fingerprint density at radius 1 is 0.941 bits per heavy atom. The van der Waals surface area contributed by atoms with Gasteiger partial charge in [-0.25, -0.2) is 9.59 Å². The number of ether oxygens (including phenoxy) is 1. The third kappa shape index (κ3) is 6.06. The maximum absolute atomic E-state index is 12.5. The molecule has 0 atom stereocenters. The molecule has 4 amide bonds. The molecule has 10 heteroatoms. The van der Waals surface area contributed by atoms with Crippen molar-refractivity contribution >= 4 is 46.1 Å². The number of anilines is 2. The molecule has 4 rings (SSSR count). The molecule has 4 N–H and O–H groups in total. The van der Waals surface area contributed by atoms with Gasteiger partial charge >= 0.3 is 18.0 Å². The van der Waals surface area contributed by atoms with Gasteiger partial charge in [0.15, 0.2) is 5.78 Å². The zero-order valence-electron chi connectivity index (χ0n) is 19.9. The average Bonchev–Trinajstić information content (AvgIpc) is 3.62. The molecule has 0 bridgehead atoms.